The Balaban J connectivity index is 1.04. The molecule has 0 saturated heterocycles. The van der Waals surface area contributed by atoms with Crippen LogP contribution in [0.3, 0.4) is 0 Å². The molecule has 2 aliphatic rings. The van der Waals surface area contributed by atoms with Gasteiger partial charge in [-0.25, -0.2) is 9.59 Å². The molecule has 3 aromatic carbocycles. The lowest BCUT2D eigenvalue weighted by atomic mass is 9.99. The van der Waals surface area contributed by atoms with Crippen LogP contribution < -0.4 is 9.80 Å². The minimum atomic E-state index is -0.746. The van der Waals surface area contributed by atoms with E-state index in [0.717, 1.165) is 59.0 Å². The minimum absolute atomic E-state index is 0.154. The molecular formula is C38H42N4O10. The van der Waals surface area contributed by atoms with E-state index in [1.807, 2.05) is 12.1 Å². The summed E-state index contributed by atoms with van der Waals surface area (Å²) in [4.78, 5) is 74.7. The zero-order valence-corrected chi connectivity index (χ0v) is 29.3. The van der Waals surface area contributed by atoms with Crippen molar-refractivity contribution < 1.29 is 38.5 Å². The molecule has 0 N–H and O–H groups in total. The van der Waals surface area contributed by atoms with Crippen molar-refractivity contribution >= 4 is 35.9 Å². The Kier molecular flexibility index (Phi) is 12.3. The van der Waals surface area contributed by atoms with Crippen molar-refractivity contribution in [3.05, 3.63) is 113 Å². The topological polar surface area (TPSA) is 179 Å². The highest BCUT2D eigenvalue weighted by molar-refractivity contribution is 5.93. The van der Waals surface area contributed by atoms with E-state index in [0.29, 0.717) is 50.1 Å². The molecule has 2 unspecified atom stereocenters. The van der Waals surface area contributed by atoms with Crippen molar-refractivity contribution in [1.29, 1.82) is 0 Å². The van der Waals surface area contributed by atoms with Crippen LogP contribution in [-0.4, -0.2) is 85.8 Å². The van der Waals surface area contributed by atoms with Gasteiger partial charge >= 0.3 is 11.9 Å². The fraction of sp³-hybridized carbons (Fsp3) is 0.421. The summed E-state index contributed by atoms with van der Waals surface area (Å²) in [6, 6.07) is 11.8. The number of nitrogens with zero attached hydrogens (tertiary/aromatic N) is 4. The molecular weight excluding hydrogens is 672 g/mol. The van der Waals surface area contributed by atoms with Gasteiger partial charge in [0.15, 0.2) is 12.6 Å². The highest BCUT2D eigenvalue weighted by atomic mass is 16.6. The van der Waals surface area contributed by atoms with E-state index in [1.54, 1.807) is 26.0 Å². The maximum Gasteiger partial charge on any atom is 0.338 e. The smallest absolute Gasteiger partial charge is 0.338 e. The minimum Gasteiger partial charge on any atom is -0.462 e. The Hall–Kier alpha value is -5.66. The molecule has 0 radical (unpaired) electrons. The number of rotatable bonds is 18. The highest BCUT2D eigenvalue weighted by Gasteiger charge is 2.26. The third-order valence-corrected chi connectivity index (χ3v) is 9.49. The Morgan fingerprint density at radius 2 is 1.10 bits per heavy atom. The number of carbonyl (C=O) groups is 4. The van der Waals surface area contributed by atoms with E-state index in [-0.39, 0.29) is 47.0 Å². The Morgan fingerprint density at radius 1 is 0.712 bits per heavy atom. The molecule has 2 heterocycles. The van der Waals surface area contributed by atoms with E-state index in [9.17, 15) is 39.4 Å². The first kappa shape index (κ1) is 37.6. The van der Waals surface area contributed by atoms with E-state index >= 15 is 0 Å². The highest BCUT2D eigenvalue weighted by Crippen LogP contribution is 2.34. The number of carbonyl (C=O) groups excluding carboxylic acids is 4. The molecule has 0 fully saturated rings. The standard InChI is InChI=1S/C38H42N4O10/c1-25(41(47)48)17-27-19-31-9-13-39(35(31)33(21-27)23-43)11-3-15-51-37(45)29-5-7-30(8-6-29)38(46)52-16-4-12-40-14-10-32-20-28(18-26(2)42(49)50)22-34(24-44)36(32)40/h5-8,19-26H,3-4,9-18H2,1-2H3. The summed E-state index contributed by atoms with van der Waals surface area (Å²) in [6.07, 6.45) is 4.54. The molecule has 14 heteroatoms. The van der Waals surface area contributed by atoms with Gasteiger partial charge in [0, 0.05) is 73.8 Å². The Morgan fingerprint density at radius 3 is 1.44 bits per heavy atom. The zero-order valence-electron chi connectivity index (χ0n) is 29.3. The van der Waals surface area contributed by atoms with Crippen LogP contribution in [0, 0.1) is 20.2 Å². The van der Waals surface area contributed by atoms with Gasteiger partial charge in [-0.3, -0.25) is 29.8 Å². The van der Waals surface area contributed by atoms with Crippen molar-refractivity contribution in [3.8, 4) is 0 Å². The van der Waals surface area contributed by atoms with Crippen molar-refractivity contribution in [2.45, 2.75) is 64.5 Å². The number of esters is 2. The molecule has 3 aromatic rings. The number of nitro groups is 2. The predicted molar refractivity (Wildman–Crippen MR) is 192 cm³/mol. The largest absolute Gasteiger partial charge is 0.462 e. The van der Waals surface area contributed by atoms with E-state index < -0.39 is 24.0 Å². The molecule has 0 spiro atoms. The van der Waals surface area contributed by atoms with Gasteiger partial charge in [0.25, 0.3) is 0 Å². The van der Waals surface area contributed by atoms with Gasteiger partial charge in [0.2, 0.25) is 12.1 Å². The van der Waals surface area contributed by atoms with Crippen molar-refractivity contribution in [3.63, 3.8) is 0 Å². The summed E-state index contributed by atoms with van der Waals surface area (Å²) in [6.45, 7) is 5.90. The van der Waals surface area contributed by atoms with Crippen LogP contribution in [0.15, 0.2) is 48.5 Å². The third kappa shape index (κ3) is 8.97. The zero-order chi connectivity index (χ0) is 37.4. The third-order valence-electron chi connectivity index (χ3n) is 9.49. The van der Waals surface area contributed by atoms with Crippen molar-refractivity contribution in [2.75, 3.05) is 49.2 Å². The van der Waals surface area contributed by atoms with Gasteiger partial charge in [0.1, 0.15) is 0 Å². The fourth-order valence-corrected chi connectivity index (χ4v) is 6.91. The Bertz CT molecular complexity index is 1710. The molecule has 2 atom stereocenters. The lowest BCUT2D eigenvalue weighted by Gasteiger charge is -2.21. The van der Waals surface area contributed by atoms with Gasteiger partial charge in [-0.15, -0.1) is 0 Å². The molecule has 274 valence electrons. The number of aldehydes is 2. The van der Waals surface area contributed by atoms with Gasteiger partial charge in [-0.1, -0.05) is 12.1 Å². The number of ether oxygens (including phenoxy) is 2. The van der Waals surface area contributed by atoms with Crippen LogP contribution in [0.2, 0.25) is 0 Å². The lowest BCUT2D eigenvalue weighted by Crippen LogP contribution is -2.24. The molecule has 5 rings (SSSR count). The second-order valence-corrected chi connectivity index (χ2v) is 13.3. The van der Waals surface area contributed by atoms with Crippen LogP contribution in [0.4, 0.5) is 11.4 Å². The number of anilines is 2. The normalized spacial score (nSPS) is 14.3. The molecule has 2 aliphatic heterocycles. The van der Waals surface area contributed by atoms with Crippen LogP contribution in [-0.2, 0) is 35.2 Å². The van der Waals surface area contributed by atoms with Gasteiger partial charge < -0.3 is 19.3 Å². The summed E-state index contributed by atoms with van der Waals surface area (Å²) in [5, 5.41) is 22.2. The van der Waals surface area contributed by atoms with Crippen LogP contribution >= 0.6 is 0 Å². The first-order chi connectivity index (χ1) is 25.0. The van der Waals surface area contributed by atoms with Crippen LogP contribution in [0.5, 0.6) is 0 Å². The van der Waals surface area contributed by atoms with Gasteiger partial charge in [0.05, 0.1) is 35.7 Å². The fourth-order valence-electron chi connectivity index (χ4n) is 6.91. The number of fused-ring (bicyclic) bond motifs is 2. The average molecular weight is 715 g/mol. The lowest BCUT2D eigenvalue weighted by molar-refractivity contribution is -0.517. The number of benzene rings is 3. The van der Waals surface area contributed by atoms with E-state index in [4.69, 9.17) is 9.47 Å². The first-order valence-electron chi connectivity index (χ1n) is 17.4. The first-order valence-corrected chi connectivity index (χ1v) is 17.4. The number of hydrogen-bond acceptors (Lipinski definition) is 12. The Labute approximate surface area is 301 Å². The van der Waals surface area contributed by atoms with Gasteiger partial charge in [-0.05, 0) is 84.3 Å². The van der Waals surface area contributed by atoms with Gasteiger partial charge in [-0.2, -0.15) is 0 Å². The van der Waals surface area contributed by atoms with Crippen molar-refractivity contribution in [2.24, 2.45) is 0 Å². The van der Waals surface area contributed by atoms with E-state index in [1.165, 1.54) is 24.3 Å². The monoisotopic (exact) mass is 714 g/mol. The molecule has 0 aliphatic carbocycles. The molecule has 0 saturated carbocycles. The second-order valence-electron chi connectivity index (χ2n) is 13.3. The molecule has 52 heavy (non-hydrogen) atoms. The maximum absolute atomic E-state index is 12.7. The van der Waals surface area contributed by atoms with E-state index in [2.05, 4.69) is 9.80 Å². The predicted octanol–water partition coefficient (Wildman–Crippen LogP) is 4.95. The summed E-state index contributed by atoms with van der Waals surface area (Å²) in [5.74, 6) is -1.06. The summed E-state index contributed by atoms with van der Waals surface area (Å²) in [5.41, 5.74) is 6.72. The molecule has 0 amide bonds. The number of hydrogen-bond donors (Lipinski definition) is 0. The molecule has 0 aromatic heterocycles. The SMILES string of the molecule is CC(Cc1cc(C=O)c2c(c1)CCN2CCCOC(=O)c1ccc(C(=O)OCCCN2CCc3cc(CC(C)[N+](=O)[O-])cc(C=O)c32)cc1)[N+](=O)[O-]. The average Bonchev–Trinajstić information content (AvgIpc) is 3.74. The summed E-state index contributed by atoms with van der Waals surface area (Å²) < 4.78 is 10.9. The van der Waals surface area contributed by atoms with Crippen LogP contribution in [0.25, 0.3) is 0 Å². The van der Waals surface area contributed by atoms with Crippen LogP contribution in [0.1, 0.15) is 90.4 Å². The van der Waals surface area contributed by atoms with Crippen molar-refractivity contribution in [1.82, 2.24) is 0 Å². The summed E-state index contributed by atoms with van der Waals surface area (Å²) in [7, 11) is 0. The molecule has 14 nitrogen and oxygen atoms in total. The molecule has 0 bridgehead atoms. The quantitative estimate of drug-likeness (QED) is 0.0570. The summed E-state index contributed by atoms with van der Waals surface area (Å²) >= 11 is 0. The second kappa shape index (κ2) is 17.0. The maximum atomic E-state index is 12.7.